The summed E-state index contributed by atoms with van der Waals surface area (Å²) < 4.78 is 0. The lowest BCUT2D eigenvalue weighted by Gasteiger charge is -2.32. The highest BCUT2D eigenvalue weighted by atomic mass is 16.4. The van der Waals surface area contributed by atoms with E-state index in [1.165, 1.54) is 0 Å². The average Bonchev–Trinajstić information content (AvgIpc) is 2.08. The molecule has 82 valence electrons. The van der Waals surface area contributed by atoms with E-state index in [9.17, 15) is 4.79 Å². The Balaban J connectivity index is 2.41. The number of piperidine rings is 1. The first kappa shape index (κ1) is 11.5. The highest BCUT2D eigenvalue weighted by Gasteiger charge is 2.31. The van der Waals surface area contributed by atoms with Crippen molar-refractivity contribution in [3.63, 3.8) is 0 Å². The number of carbonyl (C=O) groups is 1. The molecule has 0 atom stereocenters. The molecule has 1 N–H and O–H groups in total. The lowest BCUT2D eigenvalue weighted by molar-refractivity contribution is -0.148. The van der Waals surface area contributed by atoms with E-state index in [1.807, 2.05) is 13.8 Å². The van der Waals surface area contributed by atoms with Crippen LogP contribution in [0, 0.1) is 11.3 Å². The minimum absolute atomic E-state index is 0.555. The zero-order valence-corrected chi connectivity index (χ0v) is 9.42. The summed E-state index contributed by atoms with van der Waals surface area (Å²) in [5.41, 5.74) is -0.555. The lowest BCUT2D eigenvalue weighted by atomic mass is 9.79. The normalized spacial score (nSPS) is 21.1. The van der Waals surface area contributed by atoms with Crippen LogP contribution < -0.4 is 0 Å². The largest absolute Gasteiger partial charge is 0.481 e. The van der Waals surface area contributed by atoms with Gasteiger partial charge in [0.05, 0.1) is 5.41 Å². The van der Waals surface area contributed by atoms with Crippen molar-refractivity contribution in [2.75, 3.05) is 20.1 Å². The maximum Gasteiger partial charge on any atom is 0.309 e. The van der Waals surface area contributed by atoms with Crippen LogP contribution in [0.4, 0.5) is 0 Å². The molecule has 0 aromatic heterocycles. The molecular formula is C11H21NO2. The Hall–Kier alpha value is -0.570. The van der Waals surface area contributed by atoms with Crippen LogP contribution in [0.1, 0.15) is 33.1 Å². The zero-order valence-electron chi connectivity index (χ0n) is 9.42. The van der Waals surface area contributed by atoms with Crippen LogP contribution in [0.5, 0.6) is 0 Å². The van der Waals surface area contributed by atoms with Gasteiger partial charge in [0.15, 0.2) is 0 Å². The molecule has 0 unspecified atom stereocenters. The second-order valence-electron chi connectivity index (χ2n) is 5.14. The van der Waals surface area contributed by atoms with E-state index in [-0.39, 0.29) is 0 Å². The fourth-order valence-corrected chi connectivity index (χ4v) is 2.08. The van der Waals surface area contributed by atoms with Crippen molar-refractivity contribution in [1.29, 1.82) is 0 Å². The van der Waals surface area contributed by atoms with Gasteiger partial charge in [-0.15, -0.1) is 0 Å². The van der Waals surface area contributed by atoms with Gasteiger partial charge in [0.1, 0.15) is 0 Å². The van der Waals surface area contributed by atoms with Crippen molar-refractivity contribution in [2.45, 2.75) is 33.1 Å². The van der Waals surface area contributed by atoms with Gasteiger partial charge < -0.3 is 10.0 Å². The smallest absolute Gasteiger partial charge is 0.309 e. The summed E-state index contributed by atoms with van der Waals surface area (Å²) >= 11 is 0. The molecule has 1 rings (SSSR count). The van der Waals surface area contributed by atoms with Crippen LogP contribution in [-0.4, -0.2) is 36.1 Å². The maximum absolute atomic E-state index is 10.9. The molecule has 0 amide bonds. The van der Waals surface area contributed by atoms with Crippen molar-refractivity contribution < 1.29 is 9.90 Å². The van der Waals surface area contributed by atoms with Gasteiger partial charge in [0.25, 0.3) is 0 Å². The van der Waals surface area contributed by atoms with Crippen molar-refractivity contribution in [3.05, 3.63) is 0 Å². The first-order valence-electron chi connectivity index (χ1n) is 5.34. The second-order valence-corrected chi connectivity index (χ2v) is 5.14. The molecule has 1 aliphatic heterocycles. The van der Waals surface area contributed by atoms with Gasteiger partial charge >= 0.3 is 5.97 Å². The molecule has 0 spiro atoms. The van der Waals surface area contributed by atoms with Crippen molar-refractivity contribution >= 4 is 5.97 Å². The van der Waals surface area contributed by atoms with Crippen LogP contribution in [0.15, 0.2) is 0 Å². The quantitative estimate of drug-likeness (QED) is 0.754. The molecule has 0 saturated carbocycles. The van der Waals surface area contributed by atoms with Gasteiger partial charge in [0, 0.05) is 0 Å². The Morgan fingerprint density at radius 2 is 1.93 bits per heavy atom. The maximum atomic E-state index is 10.9. The lowest BCUT2D eigenvalue weighted by Crippen LogP contribution is -2.34. The number of likely N-dealkylation sites (tertiary alicyclic amines) is 1. The van der Waals surface area contributed by atoms with Crippen molar-refractivity contribution in [2.24, 2.45) is 11.3 Å². The first-order valence-corrected chi connectivity index (χ1v) is 5.34. The predicted octanol–water partition coefficient (Wildman–Crippen LogP) is 1.83. The van der Waals surface area contributed by atoms with E-state index < -0.39 is 11.4 Å². The molecule has 0 radical (unpaired) electrons. The SMILES string of the molecule is CN1CCC(CC(C)(C)C(=O)O)CC1. The van der Waals surface area contributed by atoms with E-state index >= 15 is 0 Å². The summed E-state index contributed by atoms with van der Waals surface area (Å²) in [7, 11) is 2.12. The van der Waals surface area contributed by atoms with Crippen LogP contribution in [-0.2, 0) is 4.79 Å². The number of carboxylic acid groups (broad SMARTS) is 1. The molecule has 1 aliphatic rings. The molecule has 3 nitrogen and oxygen atoms in total. The van der Waals surface area contributed by atoms with E-state index in [2.05, 4.69) is 11.9 Å². The third-order valence-electron chi connectivity index (χ3n) is 3.22. The fraction of sp³-hybridized carbons (Fsp3) is 0.909. The van der Waals surface area contributed by atoms with E-state index in [0.29, 0.717) is 5.92 Å². The molecule has 1 saturated heterocycles. The molecule has 14 heavy (non-hydrogen) atoms. The zero-order chi connectivity index (χ0) is 10.8. The van der Waals surface area contributed by atoms with Crippen molar-refractivity contribution in [1.82, 2.24) is 4.90 Å². The number of nitrogens with zero attached hydrogens (tertiary/aromatic N) is 1. The highest BCUT2D eigenvalue weighted by molar-refractivity contribution is 5.73. The fourth-order valence-electron chi connectivity index (χ4n) is 2.08. The first-order chi connectivity index (χ1) is 6.42. The molecule has 1 heterocycles. The minimum Gasteiger partial charge on any atom is -0.481 e. The molecular weight excluding hydrogens is 178 g/mol. The molecule has 0 aromatic carbocycles. The Morgan fingerprint density at radius 1 is 1.43 bits per heavy atom. The monoisotopic (exact) mass is 199 g/mol. The Bertz CT molecular complexity index is 205. The minimum atomic E-state index is -0.670. The van der Waals surface area contributed by atoms with Crippen LogP contribution in [0.25, 0.3) is 0 Å². The predicted molar refractivity (Wildman–Crippen MR) is 56.3 cm³/mol. The second kappa shape index (κ2) is 4.30. The number of hydrogen-bond acceptors (Lipinski definition) is 2. The van der Waals surface area contributed by atoms with Gasteiger partial charge in [-0.25, -0.2) is 0 Å². The number of rotatable bonds is 3. The highest BCUT2D eigenvalue weighted by Crippen LogP contribution is 2.31. The van der Waals surface area contributed by atoms with Gasteiger partial charge in [-0.3, -0.25) is 4.79 Å². The summed E-state index contributed by atoms with van der Waals surface area (Å²) in [5.74, 6) is -0.0753. The third kappa shape index (κ3) is 2.98. The van der Waals surface area contributed by atoms with E-state index in [4.69, 9.17) is 5.11 Å². The molecule has 0 bridgehead atoms. The summed E-state index contributed by atoms with van der Waals surface area (Å²) in [5, 5.41) is 9.01. The molecule has 1 fully saturated rings. The number of carboxylic acids is 1. The third-order valence-corrected chi connectivity index (χ3v) is 3.22. The van der Waals surface area contributed by atoms with Gasteiger partial charge in [-0.2, -0.15) is 0 Å². The Labute approximate surface area is 86.1 Å². The topological polar surface area (TPSA) is 40.5 Å². The summed E-state index contributed by atoms with van der Waals surface area (Å²) in [4.78, 5) is 13.3. The summed E-state index contributed by atoms with van der Waals surface area (Å²) in [6.45, 7) is 5.88. The van der Waals surface area contributed by atoms with E-state index in [0.717, 1.165) is 32.4 Å². The molecule has 0 aromatic rings. The molecule has 3 heteroatoms. The summed E-state index contributed by atoms with van der Waals surface area (Å²) in [6.07, 6.45) is 3.11. The van der Waals surface area contributed by atoms with Crippen LogP contribution in [0.2, 0.25) is 0 Å². The van der Waals surface area contributed by atoms with Crippen LogP contribution >= 0.6 is 0 Å². The standard InChI is InChI=1S/C11H21NO2/c1-11(2,10(13)14)8-9-4-6-12(3)7-5-9/h9H,4-8H2,1-3H3,(H,13,14). The number of aliphatic carboxylic acids is 1. The summed E-state index contributed by atoms with van der Waals surface area (Å²) in [6, 6.07) is 0. The Kier molecular flexibility index (Phi) is 3.53. The van der Waals surface area contributed by atoms with Gasteiger partial charge in [-0.05, 0) is 59.2 Å². The van der Waals surface area contributed by atoms with Gasteiger partial charge in [-0.1, -0.05) is 0 Å². The number of hydrogen-bond donors (Lipinski definition) is 1. The molecule has 0 aliphatic carbocycles. The van der Waals surface area contributed by atoms with Gasteiger partial charge in [0.2, 0.25) is 0 Å². The van der Waals surface area contributed by atoms with Crippen LogP contribution in [0.3, 0.4) is 0 Å². The van der Waals surface area contributed by atoms with Crippen molar-refractivity contribution in [3.8, 4) is 0 Å². The Morgan fingerprint density at radius 3 is 2.36 bits per heavy atom. The average molecular weight is 199 g/mol. The van der Waals surface area contributed by atoms with E-state index in [1.54, 1.807) is 0 Å².